The van der Waals surface area contributed by atoms with Gasteiger partial charge in [0, 0.05) is 0 Å². The normalized spacial score (nSPS) is 21.5. The van der Waals surface area contributed by atoms with Crippen LogP contribution in [0, 0.1) is 0 Å². The molecule has 5 heteroatoms. The number of rotatable bonds is 4. The molecule has 2 atom stereocenters. The second kappa shape index (κ2) is 5.76. The third kappa shape index (κ3) is 2.90. The third-order valence-electron chi connectivity index (χ3n) is 4.16. The number of carbonyl (C=O) groups excluding carboxylic acids is 2. The highest BCUT2D eigenvalue weighted by Crippen LogP contribution is 2.25. The van der Waals surface area contributed by atoms with Crippen LogP contribution in [-0.4, -0.2) is 23.6 Å². The summed E-state index contributed by atoms with van der Waals surface area (Å²) in [5.41, 5.74) is 1.14. The molecule has 0 bridgehead atoms. The maximum absolute atomic E-state index is 11.9. The van der Waals surface area contributed by atoms with Crippen LogP contribution in [0.5, 0.6) is 5.75 Å². The molecule has 1 fully saturated rings. The van der Waals surface area contributed by atoms with E-state index >= 15 is 0 Å². The van der Waals surface area contributed by atoms with Crippen molar-refractivity contribution in [2.75, 3.05) is 0 Å². The number of carbonyl (C=O) groups is 2. The van der Waals surface area contributed by atoms with Gasteiger partial charge in [-0.15, -0.1) is 0 Å². The highest BCUT2D eigenvalue weighted by atomic mass is 16.5. The molecule has 0 radical (unpaired) electrons. The molecular formula is C18H18N2O3. The third-order valence-corrected chi connectivity index (χ3v) is 4.16. The zero-order valence-corrected chi connectivity index (χ0v) is 13.0. The van der Waals surface area contributed by atoms with Crippen molar-refractivity contribution < 1.29 is 14.3 Å². The van der Waals surface area contributed by atoms with Crippen LogP contribution >= 0.6 is 0 Å². The predicted molar refractivity (Wildman–Crippen MR) is 87.0 cm³/mol. The zero-order valence-electron chi connectivity index (χ0n) is 13.0. The summed E-state index contributed by atoms with van der Waals surface area (Å²) in [6, 6.07) is 17.2. The first-order chi connectivity index (χ1) is 11.0. The monoisotopic (exact) mass is 310 g/mol. The van der Waals surface area contributed by atoms with Gasteiger partial charge in [0.2, 0.25) is 0 Å². The van der Waals surface area contributed by atoms with Gasteiger partial charge in [-0.1, -0.05) is 42.5 Å². The fourth-order valence-corrected chi connectivity index (χ4v) is 2.52. The molecule has 3 rings (SSSR count). The average Bonchev–Trinajstić information content (AvgIpc) is 2.82. The summed E-state index contributed by atoms with van der Waals surface area (Å²) in [4.78, 5) is 23.2. The molecular weight excluding hydrogens is 292 g/mol. The Morgan fingerprint density at radius 2 is 1.57 bits per heavy atom. The summed E-state index contributed by atoms with van der Waals surface area (Å²) in [6.45, 7) is 3.41. The number of amides is 3. The fraction of sp³-hybridized carbons (Fsp3) is 0.222. The molecule has 1 heterocycles. The van der Waals surface area contributed by atoms with Crippen LogP contribution in [0.25, 0.3) is 11.1 Å². The molecule has 2 unspecified atom stereocenters. The van der Waals surface area contributed by atoms with Gasteiger partial charge in [0.05, 0.1) is 0 Å². The number of hydrogen-bond donors (Lipinski definition) is 2. The molecule has 23 heavy (non-hydrogen) atoms. The minimum Gasteiger partial charge on any atom is -0.488 e. The van der Waals surface area contributed by atoms with E-state index in [4.69, 9.17) is 4.74 Å². The minimum atomic E-state index is -1.07. The van der Waals surface area contributed by atoms with Crippen LogP contribution in [-0.2, 0) is 4.79 Å². The molecule has 0 aromatic heterocycles. The lowest BCUT2D eigenvalue weighted by atomic mass is 9.96. The topological polar surface area (TPSA) is 67.4 Å². The summed E-state index contributed by atoms with van der Waals surface area (Å²) in [5.74, 6) is 0.267. The molecule has 118 valence electrons. The largest absolute Gasteiger partial charge is 0.488 e. The first-order valence-corrected chi connectivity index (χ1v) is 7.45. The first kappa shape index (κ1) is 15.1. The second-order valence-electron chi connectivity index (χ2n) is 5.76. The van der Waals surface area contributed by atoms with Crippen LogP contribution in [0.2, 0.25) is 0 Å². The van der Waals surface area contributed by atoms with Crippen molar-refractivity contribution in [2.24, 2.45) is 0 Å². The van der Waals surface area contributed by atoms with Gasteiger partial charge >= 0.3 is 6.03 Å². The Morgan fingerprint density at radius 3 is 2.13 bits per heavy atom. The van der Waals surface area contributed by atoms with Crippen molar-refractivity contribution in [3.8, 4) is 16.9 Å². The van der Waals surface area contributed by atoms with Gasteiger partial charge in [0.15, 0.2) is 5.54 Å². The van der Waals surface area contributed by atoms with E-state index in [-0.39, 0.29) is 5.91 Å². The maximum Gasteiger partial charge on any atom is 0.322 e. The lowest BCUT2D eigenvalue weighted by molar-refractivity contribution is -0.126. The minimum absolute atomic E-state index is 0.379. The van der Waals surface area contributed by atoms with E-state index in [0.717, 1.165) is 11.1 Å². The molecule has 3 amide bonds. The number of hydrogen-bond acceptors (Lipinski definition) is 3. The van der Waals surface area contributed by atoms with Crippen molar-refractivity contribution in [1.82, 2.24) is 10.6 Å². The summed E-state index contributed by atoms with van der Waals surface area (Å²) in [7, 11) is 0. The smallest absolute Gasteiger partial charge is 0.322 e. The van der Waals surface area contributed by atoms with Crippen molar-refractivity contribution in [2.45, 2.75) is 25.5 Å². The Morgan fingerprint density at radius 1 is 0.957 bits per heavy atom. The quantitative estimate of drug-likeness (QED) is 0.853. The van der Waals surface area contributed by atoms with Crippen LogP contribution in [0.1, 0.15) is 13.8 Å². The molecule has 5 nitrogen and oxygen atoms in total. The number of imide groups is 1. The fourth-order valence-electron chi connectivity index (χ4n) is 2.52. The Hall–Kier alpha value is -2.82. The molecule has 0 aliphatic carbocycles. The van der Waals surface area contributed by atoms with Gasteiger partial charge in [-0.2, -0.15) is 0 Å². The van der Waals surface area contributed by atoms with Gasteiger partial charge in [-0.25, -0.2) is 4.79 Å². The Bertz CT molecular complexity index is 728. The van der Waals surface area contributed by atoms with Crippen LogP contribution < -0.4 is 15.4 Å². The van der Waals surface area contributed by atoms with Crippen LogP contribution in [0.15, 0.2) is 54.6 Å². The van der Waals surface area contributed by atoms with Gasteiger partial charge < -0.3 is 10.1 Å². The van der Waals surface area contributed by atoms with E-state index in [1.165, 1.54) is 0 Å². The molecule has 2 N–H and O–H groups in total. The Labute approximate surface area is 134 Å². The van der Waals surface area contributed by atoms with Gasteiger partial charge in [0.1, 0.15) is 11.9 Å². The molecule has 0 saturated carbocycles. The van der Waals surface area contributed by atoms with E-state index in [0.29, 0.717) is 5.75 Å². The lowest BCUT2D eigenvalue weighted by Crippen LogP contribution is -2.54. The van der Waals surface area contributed by atoms with E-state index < -0.39 is 17.7 Å². The molecule has 1 saturated heterocycles. The van der Waals surface area contributed by atoms with Gasteiger partial charge in [-0.3, -0.25) is 10.1 Å². The zero-order chi connectivity index (χ0) is 16.4. The van der Waals surface area contributed by atoms with Crippen molar-refractivity contribution in [3.05, 3.63) is 54.6 Å². The molecule has 1 aliphatic heterocycles. The highest BCUT2D eigenvalue weighted by Gasteiger charge is 2.47. The second-order valence-corrected chi connectivity index (χ2v) is 5.76. The van der Waals surface area contributed by atoms with Gasteiger partial charge in [0.25, 0.3) is 5.91 Å². The standard InChI is InChI=1S/C18H18N2O3/c1-12(18(2)16(21)19-17(22)20-18)23-15-10-8-14(9-11-15)13-6-4-3-5-7-13/h3-12H,1-2H3,(H2,19,20,21,22). The van der Waals surface area contributed by atoms with E-state index in [1.54, 1.807) is 13.8 Å². The SMILES string of the molecule is CC(Oc1ccc(-c2ccccc2)cc1)C1(C)NC(=O)NC1=O. The summed E-state index contributed by atoms with van der Waals surface area (Å²) in [5, 5.41) is 4.85. The van der Waals surface area contributed by atoms with Crippen molar-refractivity contribution >= 4 is 11.9 Å². The predicted octanol–water partition coefficient (Wildman–Crippen LogP) is 2.72. The summed E-state index contributed by atoms with van der Waals surface area (Å²) < 4.78 is 5.84. The Kier molecular flexibility index (Phi) is 3.78. The van der Waals surface area contributed by atoms with Crippen LogP contribution in [0.4, 0.5) is 4.79 Å². The lowest BCUT2D eigenvalue weighted by Gasteiger charge is -2.28. The Balaban J connectivity index is 1.74. The van der Waals surface area contributed by atoms with Crippen molar-refractivity contribution in [3.63, 3.8) is 0 Å². The molecule has 2 aromatic carbocycles. The molecule has 2 aromatic rings. The number of ether oxygens (including phenoxy) is 1. The summed E-state index contributed by atoms with van der Waals surface area (Å²) >= 11 is 0. The highest BCUT2D eigenvalue weighted by molar-refractivity contribution is 6.07. The molecule has 1 aliphatic rings. The first-order valence-electron chi connectivity index (χ1n) is 7.45. The number of urea groups is 1. The van der Waals surface area contributed by atoms with E-state index in [1.807, 2.05) is 54.6 Å². The summed E-state index contributed by atoms with van der Waals surface area (Å²) in [6.07, 6.45) is -0.503. The van der Waals surface area contributed by atoms with E-state index in [9.17, 15) is 9.59 Å². The van der Waals surface area contributed by atoms with Gasteiger partial charge in [-0.05, 0) is 37.1 Å². The van der Waals surface area contributed by atoms with E-state index in [2.05, 4.69) is 10.6 Å². The average molecular weight is 310 g/mol. The maximum atomic E-state index is 11.9. The number of nitrogens with one attached hydrogen (secondary N) is 2. The van der Waals surface area contributed by atoms with Crippen molar-refractivity contribution in [1.29, 1.82) is 0 Å². The number of benzene rings is 2. The molecule has 0 spiro atoms. The van der Waals surface area contributed by atoms with Crippen LogP contribution in [0.3, 0.4) is 0 Å².